The van der Waals surface area contributed by atoms with E-state index in [1.54, 1.807) is 0 Å². The van der Waals surface area contributed by atoms with Gasteiger partial charge in [-0.15, -0.1) is 0 Å². The average Bonchev–Trinajstić information content (AvgIpc) is 1.99. The van der Waals surface area contributed by atoms with Crippen LogP contribution in [-0.2, 0) is 4.43 Å². The Kier molecular flexibility index (Phi) is 5.51. The maximum Gasteiger partial charge on any atom is 0.147 e. The smallest absolute Gasteiger partial charge is 0.147 e. The Morgan fingerprint density at radius 3 is 2.55 bits per heavy atom. The molecule has 0 radical (unpaired) electrons. The zero-order valence-electron chi connectivity index (χ0n) is 8.18. The second-order valence-electron chi connectivity index (χ2n) is 3.35. The van der Waals surface area contributed by atoms with Crippen LogP contribution in [0.1, 0.15) is 40.0 Å². The van der Waals surface area contributed by atoms with Gasteiger partial charge in [-0.25, -0.2) is 0 Å². The molecule has 0 saturated carbocycles. The summed E-state index contributed by atoms with van der Waals surface area (Å²) >= 11 is 0. The van der Waals surface area contributed by atoms with Gasteiger partial charge in [-0.05, 0) is 20.3 Å². The van der Waals surface area contributed by atoms with Gasteiger partial charge >= 0.3 is 0 Å². The van der Waals surface area contributed by atoms with Gasteiger partial charge < -0.3 is 4.43 Å². The largest absolute Gasteiger partial charge is 0.420 e. The number of hydrogen-bond donors (Lipinski definition) is 0. The maximum atomic E-state index is 5.37. The first-order chi connectivity index (χ1) is 5.12. The third-order valence-corrected chi connectivity index (χ3v) is 2.82. The van der Waals surface area contributed by atoms with Gasteiger partial charge in [0.1, 0.15) is 10.5 Å². The van der Waals surface area contributed by atoms with E-state index in [4.69, 9.17) is 4.43 Å². The Morgan fingerprint density at radius 1 is 1.45 bits per heavy atom. The lowest BCUT2D eigenvalue weighted by molar-refractivity contribution is 0.180. The summed E-state index contributed by atoms with van der Waals surface area (Å²) in [6.45, 7) is 6.41. The molecule has 0 saturated heterocycles. The Balaban J connectivity index is 3.55. The van der Waals surface area contributed by atoms with Crippen LogP contribution in [0.15, 0.2) is 12.2 Å². The van der Waals surface area contributed by atoms with E-state index in [2.05, 4.69) is 32.9 Å². The highest BCUT2D eigenvalue weighted by molar-refractivity contribution is 5.98. The molecule has 1 nitrogen and oxygen atoms in total. The molecule has 2 heteroatoms. The molecule has 0 aromatic carbocycles. The van der Waals surface area contributed by atoms with Gasteiger partial charge in [0, 0.05) is 0 Å². The second kappa shape index (κ2) is 5.55. The minimum atomic E-state index is -0.0278. The van der Waals surface area contributed by atoms with E-state index in [9.17, 15) is 0 Å². The van der Waals surface area contributed by atoms with Crippen LogP contribution in [0.25, 0.3) is 0 Å². The molecule has 0 aliphatic rings. The lowest BCUT2D eigenvalue weighted by Crippen LogP contribution is -2.19. The minimum Gasteiger partial charge on any atom is -0.420 e. The Hall–Kier alpha value is -0.0831. The van der Waals surface area contributed by atoms with Crippen LogP contribution < -0.4 is 0 Å². The fourth-order valence-electron chi connectivity index (χ4n) is 0.757. The van der Waals surface area contributed by atoms with Crippen molar-refractivity contribution in [1.29, 1.82) is 0 Å². The molecule has 0 N–H and O–H groups in total. The van der Waals surface area contributed by atoms with Crippen LogP contribution in [0.5, 0.6) is 0 Å². The standard InChI is InChI=1S/C9H20OSi/c1-4-5-6-7-8-9(2,3)10-11/h7-8H,4-6H2,1-3,11H3. The molecule has 0 spiro atoms. The molecule has 0 aliphatic heterocycles. The van der Waals surface area contributed by atoms with Crippen LogP contribution in [0.2, 0.25) is 0 Å². The third-order valence-electron chi connectivity index (χ3n) is 1.77. The molecule has 0 bridgehead atoms. The van der Waals surface area contributed by atoms with Crippen LogP contribution in [0, 0.1) is 0 Å². The third kappa shape index (κ3) is 6.32. The van der Waals surface area contributed by atoms with Gasteiger partial charge in [-0.3, -0.25) is 0 Å². The van der Waals surface area contributed by atoms with Gasteiger partial charge in [0.2, 0.25) is 0 Å². The van der Waals surface area contributed by atoms with Crippen LogP contribution >= 0.6 is 0 Å². The van der Waals surface area contributed by atoms with E-state index in [1.807, 2.05) is 0 Å². The molecule has 0 rings (SSSR count). The Bertz CT molecular complexity index is 119. The van der Waals surface area contributed by atoms with Gasteiger partial charge in [0.15, 0.2) is 0 Å². The molecule has 11 heavy (non-hydrogen) atoms. The Morgan fingerprint density at radius 2 is 2.09 bits per heavy atom. The lowest BCUT2D eigenvalue weighted by Gasteiger charge is -2.18. The quantitative estimate of drug-likeness (QED) is 0.349. The van der Waals surface area contributed by atoms with Crippen molar-refractivity contribution in [3.05, 3.63) is 12.2 Å². The van der Waals surface area contributed by atoms with Crippen LogP contribution in [0.3, 0.4) is 0 Å². The van der Waals surface area contributed by atoms with Crippen molar-refractivity contribution < 1.29 is 4.43 Å². The van der Waals surface area contributed by atoms with Crippen molar-refractivity contribution in [2.75, 3.05) is 0 Å². The first-order valence-corrected chi connectivity index (χ1v) is 5.17. The van der Waals surface area contributed by atoms with Crippen molar-refractivity contribution in [2.24, 2.45) is 0 Å². The van der Waals surface area contributed by atoms with Crippen molar-refractivity contribution in [3.8, 4) is 0 Å². The first-order valence-electron chi connectivity index (χ1n) is 4.35. The first kappa shape index (κ1) is 10.9. The molecule has 0 aliphatic carbocycles. The SMILES string of the molecule is CCCCC=CC(C)(C)O[SiH3]. The highest BCUT2D eigenvalue weighted by Gasteiger charge is 2.08. The topological polar surface area (TPSA) is 9.23 Å². The fourth-order valence-corrected chi connectivity index (χ4v) is 0.893. The van der Waals surface area contributed by atoms with Crippen molar-refractivity contribution >= 4 is 10.5 Å². The second-order valence-corrected chi connectivity index (χ2v) is 3.76. The number of allylic oxidation sites excluding steroid dienone is 1. The predicted molar refractivity (Wildman–Crippen MR) is 53.8 cm³/mol. The summed E-state index contributed by atoms with van der Waals surface area (Å²) in [7, 11) is 0.815. The van der Waals surface area contributed by atoms with Gasteiger partial charge in [-0.1, -0.05) is 31.9 Å². The molecule has 0 amide bonds. The minimum absolute atomic E-state index is 0.0278. The van der Waals surface area contributed by atoms with Gasteiger partial charge in [-0.2, -0.15) is 0 Å². The van der Waals surface area contributed by atoms with E-state index in [0.717, 1.165) is 10.5 Å². The molecule has 0 unspecified atom stereocenters. The lowest BCUT2D eigenvalue weighted by atomic mass is 10.1. The molecule has 0 aromatic rings. The summed E-state index contributed by atoms with van der Waals surface area (Å²) in [5, 5.41) is 0. The van der Waals surface area contributed by atoms with E-state index >= 15 is 0 Å². The molecule has 0 aromatic heterocycles. The summed E-state index contributed by atoms with van der Waals surface area (Å²) in [5.74, 6) is 0. The van der Waals surface area contributed by atoms with E-state index in [0.29, 0.717) is 0 Å². The molecule has 0 heterocycles. The van der Waals surface area contributed by atoms with Crippen molar-refractivity contribution in [3.63, 3.8) is 0 Å². The monoisotopic (exact) mass is 172 g/mol. The van der Waals surface area contributed by atoms with Crippen molar-refractivity contribution in [1.82, 2.24) is 0 Å². The van der Waals surface area contributed by atoms with Gasteiger partial charge in [0.25, 0.3) is 0 Å². The zero-order chi connectivity index (χ0) is 8.74. The van der Waals surface area contributed by atoms with E-state index < -0.39 is 0 Å². The van der Waals surface area contributed by atoms with Crippen LogP contribution in [0.4, 0.5) is 0 Å². The van der Waals surface area contributed by atoms with E-state index in [-0.39, 0.29) is 5.60 Å². The normalized spacial score (nSPS) is 13.0. The molecule has 0 atom stereocenters. The highest BCUT2D eigenvalue weighted by atomic mass is 28.2. The molecule has 66 valence electrons. The zero-order valence-corrected chi connectivity index (χ0v) is 10.2. The van der Waals surface area contributed by atoms with Gasteiger partial charge in [0.05, 0.1) is 5.60 Å². The maximum absolute atomic E-state index is 5.37. The van der Waals surface area contributed by atoms with E-state index in [1.165, 1.54) is 19.3 Å². The average molecular weight is 172 g/mol. The predicted octanol–water partition coefficient (Wildman–Crippen LogP) is 1.81. The number of hydrogen-bond acceptors (Lipinski definition) is 1. The molecular formula is C9H20OSi. The Labute approximate surface area is 73.4 Å². The summed E-state index contributed by atoms with van der Waals surface area (Å²) in [6.07, 6.45) is 8.13. The fraction of sp³-hybridized carbons (Fsp3) is 0.778. The highest BCUT2D eigenvalue weighted by Crippen LogP contribution is 2.09. The summed E-state index contributed by atoms with van der Waals surface area (Å²) < 4.78 is 5.37. The molecular weight excluding hydrogens is 152 g/mol. The van der Waals surface area contributed by atoms with Crippen LogP contribution in [-0.4, -0.2) is 16.1 Å². The summed E-state index contributed by atoms with van der Waals surface area (Å²) in [6, 6.07) is 0. The molecule has 0 fully saturated rings. The van der Waals surface area contributed by atoms with Crippen molar-refractivity contribution in [2.45, 2.75) is 45.6 Å². The summed E-state index contributed by atoms with van der Waals surface area (Å²) in [5.41, 5.74) is -0.0278. The number of unbranched alkanes of at least 4 members (excludes halogenated alkanes) is 2. The summed E-state index contributed by atoms with van der Waals surface area (Å²) in [4.78, 5) is 0. The number of rotatable bonds is 5.